The SMILES string of the molecule is O=C(Nc1ccccc1)c1cccc(NC(=O)C2C(=O)Nc3ccccc32)c1. The molecule has 1 atom stereocenters. The molecule has 1 unspecified atom stereocenters. The van der Waals surface area contributed by atoms with Gasteiger partial charge in [-0.05, 0) is 42.0 Å². The molecule has 6 nitrogen and oxygen atoms in total. The van der Waals surface area contributed by atoms with Gasteiger partial charge in [-0.2, -0.15) is 0 Å². The smallest absolute Gasteiger partial charge is 0.255 e. The molecule has 0 saturated heterocycles. The third-order valence-corrected chi connectivity index (χ3v) is 4.48. The van der Waals surface area contributed by atoms with E-state index in [4.69, 9.17) is 0 Å². The van der Waals surface area contributed by atoms with Gasteiger partial charge < -0.3 is 16.0 Å². The van der Waals surface area contributed by atoms with Gasteiger partial charge in [-0.3, -0.25) is 14.4 Å². The first-order valence-corrected chi connectivity index (χ1v) is 8.79. The van der Waals surface area contributed by atoms with Crippen molar-refractivity contribution in [2.24, 2.45) is 0 Å². The Morgan fingerprint density at radius 3 is 2.32 bits per heavy atom. The van der Waals surface area contributed by atoms with E-state index in [2.05, 4.69) is 16.0 Å². The van der Waals surface area contributed by atoms with Crippen molar-refractivity contribution in [3.63, 3.8) is 0 Å². The van der Waals surface area contributed by atoms with Crippen LogP contribution in [0.2, 0.25) is 0 Å². The zero-order valence-corrected chi connectivity index (χ0v) is 14.8. The van der Waals surface area contributed by atoms with Crippen molar-refractivity contribution in [2.75, 3.05) is 16.0 Å². The molecule has 1 heterocycles. The van der Waals surface area contributed by atoms with Crippen LogP contribution in [0.15, 0.2) is 78.9 Å². The average Bonchev–Trinajstić information content (AvgIpc) is 3.04. The van der Waals surface area contributed by atoms with Gasteiger partial charge >= 0.3 is 0 Å². The van der Waals surface area contributed by atoms with Crippen LogP contribution in [0.4, 0.5) is 17.1 Å². The second kappa shape index (κ2) is 7.36. The third-order valence-electron chi connectivity index (χ3n) is 4.48. The number of anilines is 3. The maximum Gasteiger partial charge on any atom is 0.255 e. The number of hydrogen-bond donors (Lipinski definition) is 3. The lowest BCUT2D eigenvalue weighted by Gasteiger charge is -2.11. The van der Waals surface area contributed by atoms with Crippen LogP contribution in [0, 0.1) is 0 Å². The molecule has 0 aliphatic carbocycles. The summed E-state index contributed by atoms with van der Waals surface area (Å²) in [5, 5.41) is 8.24. The van der Waals surface area contributed by atoms with Crippen molar-refractivity contribution in [3.8, 4) is 0 Å². The molecule has 0 radical (unpaired) electrons. The zero-order valence-electron chi connectivity index (χ0n) is 14.8. The first-order valence-electron chi connectivity index (χ1n) is 8.79. The summed E-state index contributed by atoms with van der Waals surface area (Å²) >= 11 is 0. The van der Waals surface area contributed by atoms with Gasteiger partial charge in [0.05, 0.1) is 0 Å². The number of amides is 3. The minimum atomic E-state index is -0.919. The summed E-state index contributed by atoms with van der Waals surface area (Å²) in [6.45, 7) is 0. The van der Waals surface area contributed by atoms with Crippen LogP contribution in [0.5, 0.6) is 0 Å². The van der Waals surface area contributed by atoms with Crippen molar-refractivity contribution < 1.29 is 14.4 Å². The molecule has 4 rings (SSSR count). The van der Waals surface area contributed by atoms with Gasteiger partial charge in [0, 0.05) is 22.6 Å². The average molecular weight is 371 g/mol. The molecular formula is C22H17N3O3. The number of carbonyl (C=O) groups excluding carboxylic acids is 3. The number of nitrogens with one attached hydrogen (secondary N) is 3. The van der Waals surface area contributed by atoms with E-state index >= 15 is 0 Å². The van der Waals surface area contributed by atoms with E-state index in [1.165, 1.54) is 0 Å². The molecule has 0 spiro atoms. The Morgan fingerprint density at radius 1 is 0.786 bits per heavy atom. The fourth-order valence-electron chi connectivity index (χ4n) is 3.15. The molecule has 28 heavy (non-hydrogen) atoms. The molecule has 1 aliphatic rings. The lowest BCUT2D eigenvalue weighted by Crippen LogP contribution is -2.26. The summed E-state index contributed by atoms with van der Waals surface area (Å²) < 4.78 is 0. The van der Waals surface area contributed by atoms with Gasteiger partial charge in [-0.1, -0.05) is 42.5 Å². The lowest BCUT2D eigenvalue weighted by molar-refractivity contribution is -0.125. The van der Waals surface area contributed by atoms with E-state index in [0.717, 1.165) is 0 Å². The molecule has 0 saturated carbocycles. The molecule has 3 aromatic rings. The van der Waals surface area contributed by atoms with E-state index in [9.17, 15) is 14.4 Å². The van der Waals surface area contributed by atoms with E-state index < -0.39 is 11.8 Å². The predicted molar refractivity (Wildman–Crippen MR) is 107 cm³/mol. The van der Waals surface area contributed by atoms with E-state index in [1.54, 1.807) is 60.7 Å². The number of hydrogen-bond acceptors (Lipinski definition) is 3. The molecule has 3 amide bonds. The first-order chi connectivity index (χ1) is 13.6. The number of para-hydroxylation sites is 2. The Kier molecular flexibility index (Phi) is 4.60. The maximum atomic E-state index is 12.7. The Hall–Kier alpha value is -3.93. The molecule has 3 aromatic carbocycles. The van der Waals surface area contributed by atoms with E-state index in [-0.39, 0.29) is 11.8 Å². The zero-order chi connectivity index (χ0) is 19.5. The van der Waals surface area contributed by atoms with Gasteiger partial charge in [0.25, 0.3) is 5.91 Å². The van der Waals surface area contributed by atoms with Crippen LogP contribution in [0.1, 0.15) is 21.8 Å². The molecule has 0 fully saturated rings. The quantitative estimate of drug-likeness (QED) is 0.612. The summed E-state index contributed by atoms with van der Waals surface area (Å²) in [4.78, 5) is 37.3. The second-order valence-electron chi connectivity index (χ2n) is 6.40. The van der Waals surface area contributed by atoms with Crippen LogP contribution in [0.3, 0.4) is 0 Å². The monoisotopic (exact) mass is 371 g/mol. The van der Waals surface area contributed by atoms with Gasteiger partial charge in [0.1, 0.15) is 5.92 Å². The minimum Gasteiger partial charge on any atom is -0.325 e. The van der Waals surface area contributed by atoms with Gasteiger partial charge in [-0.25, -0.2) is 0 Å². The van der Waals surface area contributed by atoms with E-state index in [0.29, 0.717) is 28.2 Å². The van der Waals surface area contributed by atoms with Crippen molar-refractivity contribution in [3.05, 3.63) is 90.0 Å². The number of fused-ring (bicyclic) bond motifs is 1. The van der Waals surface area contributed by atoms with Crippen LogP contribution in [0.25, 0.3) is 0 Å². The highest BCUT2D eigenvalue weighted by molar-refractivity contribution is 6.19. The predicted octanol–water partition coefficient (Wildman–Crippen LogP) is 3.61. The van der Waals surface area contributed by atoms with Crippen molar-refractivity contribution in [1.29, 1.82) is 0 Å². The molecular weight excluding hydrogens is 354 g/mol. The maximum absolute atomic E-state index is 12.7. The molecule has 0 aromatic heterocycles. The highest BCUT2D eigenvalue weighted by atomic mass is 16.2. The van der Waals surface area contributed by atoms with Crippen molar-refractivity contribution in [2.45, 2.75) is 5.92 Å². The van der Waals surface area contributed by atoms with Gasteiger partial charge in [0.2, 0.25) is 11.8 Å². The normalized spacial score (nSPS) is 14.7. The Labute approximate surface area is 161 Å². The summed E-state index contributed by atoms with van der Waals surface area (Å²) in [7, 11) is 0. The fourth-order valence-corrected chi connectivity index (χ4v) is 3.15. The van der Waals surface area contributed by atoms with E-state index in [1.807, 2.05) is 18.2 Å². The summed E-state index contributed by atoms with van der Waals surface area (Å²) in [5.41, 5.74) is 2.81. The minimum absolute atomic E-state index is 0.286. The molecule has 138 valence electrons. The third kappa shape index (κ3) is 3.48. The standard InChI is InChI=1S/C22H17N3O3/c26-20(23-15-8-2-1-3-9-15)14-7-6-10-16(13-14)24-21(27)19-17-11-4-5-12-18(17)25-22(19)28/h1-13,19H,(H,23,26)(H,24,27)(H,25,28). The lowest BCUT2D eigenvalue weighted by atomic mass is 10.00. The molecule has 0 bridgehead atoms. The van der Waals surface area contributed by atoms with Crippen LogP contribution in [-0.4, -0.2) is 17.7 Å². The van der Waals surface area contributed by atoms with Crippen molar-refractivity contribution in [1.82, 2.24) is 0 Å². The molecule has 6 heteroatoms. The second-order valence-corrected chi connectivity index (χ2v) is 6.40. The number of benzene rings is 3. The van der Waals surface area contributed by atoms with Crippen LogP contribution in [-0.2, 0) is 9.59 Å². The highest BCUT2D eigenvalue weighted by Gasteiger charge is 2.36. The number of rotatable bonds is 4. The fraction of sp³-hybridized carbons (Fsp3) is 0.0455. The van der Waals surface area contributed by atoms with Crippen molar-refractivity contribution >= 4 is 34.8 Å². The van der Waals surface area contributed by atoms with Crippen LogP contribution < -0.4 is 16.0 Å². The van der Waals surface area contributed by atoms with Crippen LogP contribution >= 0.6 is 0 Å². The van der Waals surface area contributed by atoms with Gasteiger partial charge in [0.15, 0.2) is 0 Å². The summed E-state index contributed by atoms with van der Waals surface area (Å²) in [6, 6.07) is 22.8. The Morgan fingerprint density at radius 2 is 1.50 bits per heavy atom. The highest BCUT2D eigenvalue weighted by Crippen LogP contribution is 2.33. The molecule has 1 aliphatic heterocycles. The number of carbonyl (C=O) groups is 3. The largest absolute Gasteiger partial charge is 0.325 e. The van der Waals surface area contributed by atoms with Gasteiger partial charge in [-0.15, -0.1) is 0 Å². The summed E-state index contributed by atoms with van der Waals surface area (Å²) in [5.74, 6) is -2.01. The Balaban J connectivity index is 1.50. The Bertz CT molecular complexity index is 1060. The molecule has 3 N–H and O–H groups in total. The first kappa shape index (κ1) is 17.5. The summed E-state index contributed by atoms with van der Waals surface area (Å²) in [6.07, 6.45) is 0. The topological polar surface area (TPSA) is 87.3 Å².